The van der Waals surface area contributed by atoms with Crippen molar-refractivity contribution in [3.05, 3.63) is 76.0 Å². The van der Waals surface area contributed by atoms with Crippen LogP contribution in [0.15, 0.2) is 73.6 Å². The summed E-state index contributed by atoms with van der Waals surface area (Å²) in [6.07, 6.45) is 0. The average Bonchev–Trinajstić information content (AvgIpc) is 3.39. The van der Waals surface area contributed by atoms with Gasteiger partial charge < -0.3 is 13.6 Å². The molecule has 0 saturated carbocycles. The van der Waals surface area contributed by atoms with Gasteiger partial charge in [-0.3, -0.25) is 10.1 Å². The summed E-state index contributed by atoms with van der Waals surface area (Å²) in [6, 6.07) is 15.9. The van der Waals surface area contributed by atoms with E-state index in [-0.39, 0.29) is 5.56 Å². The van der Waals surface area contributed by atoms with E-state index in [0.29, 0.717) is 38.9 Å². The minimum Gasteiger partial charge on any atom is -0.497 e. The molecule has 148 valence electrons. The van der Waals surface area contributed by atoms with E-state index < -0.39 is 11.5 Å². The highest BCUT2D eigenvalue weighted by molar-refractivity contribution is 7.14. The fraction of sp³-hybridized carbons (Fsp3) is 0.0455. The molecule has 0 fully saturated rings. The molecule has 0 radical (unpaired) electrons. The Bertz CT molecular complexity index is 1460. The van der Waals surface area contributed by atoms with E-state index in [1.165, 1.54) is 17.4 Å². The van der Waals surface area contributed by atoms with Crippen molar-refractivity contribution in [1.82, 2.24) is 4.98 Å². The molecule has 0 aliphatic rings. The van der Waals surface area contributed by atoms with Crippen molar-refractivity contribution in [2.75, 3.05) is 12.4 Å². The average molecular weight is 418 g/mol. The molecular weight excluding hydrogens is 404 g/mol. The van der Waals surface area contributed by atoms with Crippen molar-refractivity contribution in [2.45, 2.75) is 0 Å². The number of ether oxygens (including phenoxy) is 1. The molecule has 0 unspecified atom stereocenters. The maximum absolute atomic E-state index is 12.6. The highest BCUT2D eigenvalue weighted by Gasteiger charge is 2.17. The number of nitrogens with zero attached hydrogens (tertiary/aromatic N) is 1. The molecule has 2 aromatic carbocycles. The van der Waals surface area contributed by atoms with E-state index >= 15 is 0 Å². The number of amides is 1. The minimum atomic E-state index is -0.700. The van der Waals surface area contributed by atoms with Gasteiger partial charge in [-0.05, 0) is 30.3 Å². The monoisotopic (exact) mass is 418 g/mol. The molecule has 0 aliphatic carbocycles. The molecule has 7 nitrogen and oxygen atoms in total. The first kappa shape index (κ1) is 18.1. The predicted octanol–water partition coefficient (Wildman–Crippen LogP) is 4.92. The van der Waals surface area contributed by atoms with Crippen LogP contribution in [0.5, 0.6) is 5.75 Å². The molecule has 0 saturated heterocycles. The Morgan fingerprint density at radius 1 is 1.03 bits per heavy atom. The van der Waals surface area contributed by atoms with Gasteiger partial charge in [-0.2, -0.15) is 0 Å². The second kappa shape index (κ2) is 7.16. The lowest BCUT2D eigenvalue weighted by atomic mass is 10.2. The Morgan fingerprint density at radius 3 is 2.73 bits per heavy atom. The van der Waals surface area contributed by atoms with Gasteiger partial charge >= 0.3 is 5.63 Å². The number of para-hydroxylation sites is 1. The molecule has 0 bridgehead atoms. The standard InChI is InChI=1S/C22H14N2O5S/c1-27-14-7-6-13-9-19(28-18(13)10-14)16-11-30-22(23-16)24-20(25)15-8-12-4-2-3-5-17(12)29-21(15)26/h2-11H,1H3,(H,23,24,25). The largest absolute Gasteiger partial charge is 0.497 e. The van der Waals surface area contributed by atoms with Gasteiger partial charge in [-0.1, -0.05) is 18.2 Å². The lowest BCUT2D eigenvalue weighted by Gasteiger charge is -2.02. The first-order chi connectivity index (χ1) is 14.6. The summed E-state index contributed by atoms with van der Waals surface area (Å²) in [4.78, 5) is 29.2. The Kier molecular flexibility index (Phi) is 4.33. The number of carbonyl (C=O) groups excluding carboxylic acids is 1. The van der Waals surface area contributed by atoms with E-state index in [2.05, 4.69) is 10.3 Å². The van der Waals surface area contributed by atoms with Crippen molar-refractivity contribution in [3.63, 3.8) is 0 Å². The topological polar surface area (TPSA) is 94.6 Å². The second-order valence-electron chi connectivity index (χ2n) is 6.49. The first-order valence-electron chi connectivity index (χ1n) is 8.98. The van der Waals surface area contributed by atoms with Crippen molar-refractivity contribution >= 4 is 44.3 Å². The molecule has 3 heterocycles. The van der Waals surface area contributed by atoms with Crippen LogP contribution in [0.1, 0.15) is 10.4 Å². The summed E-state index contributed by atoms with van der Waals surface area (Å²) in [7, 11) is 1.59. The number of rotatable bonds is 4. The second-order valence-corrected chi connectivity index (χ2v) is 7.35. The van der Waals surface area contributed by atoms with Gasteiger partial charge in [0.25, 0.3) is 5.91 Å². The fourth-order valence-electron chi connectivity index (χ4n) is 3.09. The highest BCUT2D eigenvalue weighted by atomic mass is 32.1. The summed E-state index contributed by atoms with van der Waals surface area (Å²) < 4.78 is 16.3. The molecule has 5 aromatic rings. The molecule has 0 atom stereocenters. The molecule has 1 N–H and O–H groups in total. The number of hydrogen-bond donors (Lipinski definition) is 1. The Balaban J connectivity index is 1.41. The van der Waals surface area contributed by atoms with Crippen LogP contribution in [0.2, 0.25) is 0 Å². The summed E-state index contributed by atoms with van der Waals surface area (Å²) in [5.41, 5.74) is 0.903. The lowest BCUT2D eigenvalue weighted by molar-refractivity contribution is 0.102. The zero-order chi connectivity index (χ0) is 20.7. The lowest BCUT2D eigenvalue weighted by Crippen LogP contribution is -2.20. The van der Waals surface area contributed by atoms with Gasteiger partial charge in [0, 0.05) is 22.2 Å². The van der Waals surface area contributed by atoms with Gasteiger partial charge in [0.1, 0.15) is 28.2 Å². The molecule has 0 spiro atoms. The smallest absolute Gasteiger partial charge is 0.349 e. The number of fused-ring (bicyclic) bond motifs is 2. The van der Waals surface area contributed by atoms with Gasteiger partial charge in [0.05, 0.1) is 7.11 Å². The Labute approximate surface area is 173 Å². The van der Waals surface area contributed by atoms with Crippen molar-refractivity contribution in [3.8, 4) is 17.2 Å². The number of furan rings is 1. The molecule has 5 rings (SSSR count). The number of hydrogen-bond acceptors (Lipinski definition) is 7. The zero-order valence-corrected chi connectivity index (χ0v) is 16.5. The molecule has 30 heavy (non-hydrogen) atoms. The summed E-state index contributed by atoms with van der Waals surface area (Å²) in [6.45, 7) is 0. The van der Waals surface area contributed by atoms with E-state index in [9.17, 15) is 9.59 Å². The maximum Gasteiger partial charge on any atom is 0.349 e. The molecular formula is C22H14N2O5S. The van der Waals surface area contributed by atoms with Gasteiger partial charge in [0.2, 0.25) is 0 Å². The van der Waals surface area contributed by atoms with Crippen LogP contribution in [0, 0.1) is 0 Å². The number of aromatic nitrogens is 1. The van der Waals surface area contributed by atoms with Crippen LogP contribution < -0.4 is 15.7 Å². The van der Waals surface area contributed by atoms with Crippen LogP contribution >= 0.6 is 11.3 Å². The Morgan fingerprint density at radius 2 is 1.87 bits per heavy atom. The third kappa shape index (κ3) is 3.23. The molecule has 8 heteroatoms. The Hall–Kier alpha value is -3.91. The molecule has 3 aromatic heterocycles. The molecule has 0 aliphatic heterocycles. The van der Waals surface area contributed by atoms with Gasteiger partial charge in [-0.15, -0.1) is 11.3 Å². The van der Waals surface area contributed by atoms with E-state index in [0.717, 1.165) is 5.39 Å². The minimum absolute atomic E-state index is 0.0821. The third-order valence-electron chi connectivity index (χ3n) is 4.59. The van der Waals surface area contributed by atoms with Crippen LogP contribution in [0.3, 0.4) is 0 Å². The summed E-state index contributed by atoms with van der Waals surface area (Å²) in [5.74, 6) is 0.689. The normalized spacial score (nSPS) is 11.1. The quantitative estimate of drug-likeness (QED) is 0.416. The predicted molar refractivity (Wildman–Crippen MR) is 114 cm³/mol. The zero-order valence-electron chi connectivity index (χ0n) is 15.7. The molecule has 1 amide bonds. The van der Waals surface area contributed by atoms with Crippen LogP contribution in [-0.2, 0) is 0 Å². The number of nitrogens with one attached hydrogen (secondary N) is 1. The maximum atomic E-state index is 12.6. The van der Waals surface area contributed by atoms with E-state index in [4.69, 9.17) is 13.6 Å². The van der Waals surface area contributed by atoms with Crippen molar-refractivity contribution < 1.29 is 18.4 Å². The van der Waals surface area contributed by atoms with E-state index in [1.807, 2.05) is 18.2 Å². The summed E-state index contributed by atoms with van der Waals surface area (Å²) in [5, 5.41) is 6.35. The number of methoxy groups -OCH3 is 1. The highest BCUT2D eigenvalue weighted by Crippen LogP contribution is 2.32. The SMILES string of the molecule is COc1ccc2cc(-c3csc(NC(=O)c4cc5ccccc5oc4=O)n3)oc2c1. The first-order valence-corrected chi connectivity index (χ1v) is 9.86. The van der Waals surface area contributed by atoms with Gasteiger partial charge in [-0.25, -0.2) is 9.78 Å². The van der Waals surface area contributed by atoms with Crippen LogP contribution in [-0.4, -0.2) is 18.0 Å². The number of carbonyl (C=O) groups is 1. The van der Waals surface area contributed by atoms with Crippen molar-refractivity contribution in [2.24, 2.45) is 0 Å². The van der Waals surface area contributed by atoms with Crippen molar-refractivity contribution in [1.29, 1.82) is 0 Å². The third-order valence-corrected chi connectivity index (χ3v) is 5.35. The number of benzene rings is 2. The van der Waals surface area contributed by atoms with Gasteiger partial charge in [0.15, 0.2) is 10.9 Å². The summed E-state index contributed by atoms with van der Waals surface area (Å²) >= 11 is 1.23. The fourth-order valence-corrected chi connectivity index (χ4v) is 3.79. The van der Waals surface area contributed by atoms with E-state index in [1.54, 1.807) is 42.8 Å². The number of anilines is 1. The van der Waals surface area contributed by atoms with Crippen LogP contribution in [0.4, 0.5) is 5.13 Å². The number of thiazole rings is 1. The van der Waals surface area contributed by atoms with Crippen LogP contribution in [0.25, 0.3) is 33.4 Å².